The predicted molar refractivity (Wildman–Crippen MR) is 112 cm³/mol. The molecule has 0 bridgehead atoms. The molecule has 3 aromatic rings. The fourth-order valence-corrected chi connectivity index (χ4v) is 4.89. The third kappa shape index (κ3) is 3.47. The number of fused-ring (bicyclic) bond motifs is 2. The van der Waals surface area contributed by atoms with Crippen molar-refractivity contribution in [2.24, 2.45) is 5.92 Å². The SMILES string of the molecule is O=C(Nc1ccc2c(c1)OCO2)C1CCN(C(=O)c2cc3c(F)cccc3s2)CC1. The Morgan fingerprint density at radius 2 is 1.87 bits per heavy atom. The van der Waals surface area contributed by atoms with Crippen molar-refractivity contribution in [2.45, 2.75) is 12.8 Å². The predicted octanol–water partition coefficient (Wildman–Crippen LogP) is 4.26. The molecule has 30 heavy (non-hydrogen) atoms. The van der Waals surface area contributed by atoms with Gasteiger partial charge < -0.3 is 19.7 Å². The number of nitrogens with one attached hydrogen (secondary N) is 1. The number of likely N-dealkylation sites (tertiary alicyclic amines) is 1. The maximum Gasteiger partial charge on any atom is 0.263 e. The van der Waals surface area contributed by atoms with Crippen LogP contribution in [0.3, 0.4) is 0 Å². The maximum absolute atomic E-state index is 13.9. The quantitative estimate of drug-likeness (QED) is 0.680. The number of benzene rings is 2. The van der Waals surface area contributed by atoms with Gasteiger partial charge in [0.25, 0.3) is 5.91 Å². The molecule has 1 saturated heterocycles. The molecule has 0 radical (unpaired) electrons. The minimum absolute atomic E-state index is 0.0649. The molecule has 6 nitrogen and oxygen atoms in total. The van der Waals surface area contributed by atoms with Crippen LogP contribution in [0.25, 0.3) is 10.1 Å². The zero-order chi connectivity index (χ0) is 20.7. The van der Waals surface area contributed by atoms with E-state index in [0.717, 1.165) is 4.70 Å². The van der Waals surface area contributed by atoms with Crippen LogP contribution in [0, 0.1) is 11.7 Å². The third-order valence-corrected chi connectivity index (χ3v) is 6.60. The molecule has 0 saturated carbocycles. The van der Waals surface area contributed by atoms with Gasteiger partial charge in [-0.25, -0.2) is 4.39 Å². The van der Waals surface area contributed by atoms with Crippen molar-refractivity contribution >= 4 is 38.9 Å². The summed E-state index contributed by atoms with van der Waals surface area (Å²) in [5.41, 5.74) is 0.662. The van der Waals surface area contributed by atoms with E-state index in [1.54, 1.807) is 35.2 Å². The lowest BCUT2D eigenvalue weighted by Gasteiger charge is -2.31. The third-order valence-electron chi connectivity index (χ3n) is 5.51. The van der Waals surface area contributed by atoms with E-state index < -0.39 is 0 Å². The van der Waals surface area contributed by atoms with Gasteiger partial charge in [0.2, 0.25) is 12.7 Å². The van der Waals surface area contributed by atoms with E-state index in [0.29, 0.717) is 53.4 Å². The molecule has 3 heterocycles. The highest BCUT2D eigenvalue weighted by Gasteiger charge is 2.29. The Morgan fingerprint density at radius 1 is 1.07 bits per heavy atom. The van der Waals surface area contributed by atoms with Gasteiger partial charge in [-0.2, -0.15) is 0 Å². The van der Waals surface area contributed by atoms with Crippen molar-refractivity contribution in [1.82, 2.24) is 4.90 Å². The van der Waals surface area contributed by atoms with E-state index in [4.69, 9.17) is 9.47 Å². The molecule has 2 aliphatic heterocycles. The molecule has 2 amide bonds. The van der Waals surface area contributed by atoms with Gasteiger partial charge in [0, 0.05) is 40.8 Å². The monoisotopic (exact) mass is 426 g/mol. The van der Waals surface area contributed by atoms with Gasteiger partial charge in [-0.3, -0.25) is 9.59 Å². The van der Waals surface area contributed by atoms with E-state index in [1.807, 2.05) is 6.07 Å². The van der Waals surface area contributed by atoms with Crippen LogP contribution >= 0.6 is 11.3 Å². The molecule has 2 aliphatic rings. The Balaban J connectivity index is 1.20. The molecule has 0 aliphatic carbocycles. The van der Waals surface area contributed by atoms with Crippen LogP contribution in [0.2, 0.25) is 0 Å². The van der Waals surface area contributed by atoms with Crippen LogP contribution in [0.15, 0.2) is 42.5 Å². The maximum atomic E-state index is 13.9. The van der Waals surface area contributed by atoms with Crippen LogP contribution in [-0.2, 0) is 4.79 Å². The first-order valence-corrected chi connectivity index (χ1v) is 10.6. The first kappa shape index (κ1) is 18.9. The molecular formula is C22H19FN2O4S. The second-order valence-electron chi connectivity index (χ2n) is 7.39. The molecule has 5 rings (SSSR count). The number of carbonyl (C=O) groups excluding carboxylic acids is 2. The van der Waals surface area contributed by atoms with E-state index in [1.165, 1.54) is 17.4 Å². The highest BCUT2D eigenvalue weighted by atomic mass is 32.1. The van der Waals surface area contributed by atoms with Gasteiger partial charge in [-0.05, 0) is 43.2 Å². The summed E-state index contributed by atoms with van der Waals surface area (Å²) in [5.74, 6) is 0.630. The summed E-state index contributed by atoms with van der Waals surface area (Å²) in [6, 6.07) is 11.8. The number of amides is 2. The van der Waals surface area contributed by atoms with Gasteiger partial charge in [0.1, 0.15) is 5.82 Å². The molecule has 0 atom stereocenters. The number of piperidine rings is 1. The Labute approximate surface area is 176 Å². The topological polar surface area (TPSA) is 67.9 Å². The molecule has 0 unspecified atom stereocenters. The molecule has 1 aromatic heterocycles. The van der Waals surface area contributed by atoms with Crippen LogP contribution < -0.4 is 14.8 Å². The summed E-state index contributed by atoms with van der Waals surface area (Å²) in [4.78, 5) is 27.8. The van der Waals surface area contributed by atoms with E-state index in [2.05, 4.69) is 5.32 Å². The smallest absolute Gasteiger partial charge is 0.263 e. The van der Waals surface area contributed by atoms with Crippen LogP contribution in [0.4, 0.5) is 10.1 Å². The number of rotatable bonds is 3. The second-order valence-corrected chi connectivity index (χ2v) is 8.47. The number of ether oxygens (including phenoxy) is 2. The number of hydrogen-bond donors (Lipinski definition) is 1. The first-order valence-electron chi connectivity index (χ1n) is 9.76. The van der Waals surface area contributed by atoms with Crippen LogP contribution in [0.1, 0.15) is 22.5 Å². The van der Waals surface area contributed by atoms with Crippen molar-refractivity contribution in [3.63, 3.8) is 0 Å². The molecule has 1 fully saturated rings. The largest absolute Gasteiger partial charge is 0.454 e. The number of nitrogens with zero attached hydrogens (tertiary/aromatic N) is 1. The van der Waals surface area contributed by atoms with Crippen molar-refractivity contribution < 1.29 is 23.5 Å². The lowest BCUT2D eigenvalue weighted by atomic mass is 9.95. The van der Waals surface area contributed by atoms with Crippen molar-refractivity contribution in [2.75, 3.05) is 25.2 Å². The summed E-state index contributed by atoms with van der Waals surface area (Å²) in [6.07, 6.45) is 1.17. The second kappa shape index (κ2) is 7.60. The fraction of sp³-hybridized carbons (Fsp3) is 0.273. The van der Waals surface area contributed by atoms with Crippen molar-refractivity contribution in [1.29, 1.82) is 0 Å². The highest BCUT2D eigenvalue weighted by molar-refractivity contribution is 7.20. The van der Waals surface area contributed by atoms with E-state index in [9.17, 15) is 14.0 Å². The highest BCUT2D eigenvalue weighted by Crippen LogP contribution is 2.35. The van der Waals surface area contributed by atoms with Crippen molar-refractivity contribution in [3.8, 4) is 11.5 Å². The van der Waals surface area contributed by atoms with Gasteiger partial charge in [0.05, 0.1) is 4.88 Å². The van der Waals surface area contributed by atoms with E-state index >= 15 is 0 Å². The first-order chi connectivity index (χ1) is 14.6. The van der Waals surface area contributed by atoms with Crippen LogP contribution in [0.5, 0.6) is 11.5 Å². The summed E-state index contributed by atoms with van der Waals surface area (Å²) in [7, 11) is 0. The van der Waals surface area contributed by atoms with Crippen LogP contribution in [-0.4, -0.2) is 36.6 Å². The molecule has 8 heteroatoms. The lowest BCUT2D eigenvalue weighted by Crippen LogP contribution is -2.41. The average molecular weight is 426 g/mol. The average Bonchev–Trinajstić information content (AvgIpc) is 3.40. The molecule has 0 spiro atoms. The standard InChI is InChI=1S/C22H19FN2O4S/c23-16-2-1-3-19-15(16)11-20(30-19)22(27)25-8-6-13(7-9-25)21(26)24-14-4-5-17-18(10-14)29-12-28-17/h1-5,10-11,13H,6-9,12H2,(H,24,26). The summed E-state index contributed by atoms with van der Waals surface area (Å²) < 4.78 is 25.3. The number of anilines is 1. The fourth-order valence-electron chi connectivity index (χ4n) is 3.85. The lowest BCUT2D eigenvalue weighted by molar-refractivity contribution is -0.121. The Kier molecular flexibility index (Phi) is 4.78. The summed E-state index contributed by atoms with van der Waals surface area (Å²) >= 11 is 1.30. The zero-order valence-electron chi connectivity index (χ0n) is 16.0. The number of hydrogen-bond acceptors (Lipinski definition) is 5. The minimum atomic E-state index is -0.318. The molecule has 1 N–H and O–H groups in total. The van der Waals surface area contributed by atoms with Gasteiger partial charge in [-0.1, -0.05) is 6.07 Å². The van der Waals surface area contributed by atoms with Gasteiger partial charge >= 0.3 is 0 Å². The molecule has 154 valence electrons. The number of halogens is 1. The normalized spacial score (nSPS) is 16.1. The molecular weight excluding hydrogens is 407 g/mol. The van der Waals surface area contributed by atoms with Crippen molar-refractivity contribution in [3.05, 3.63) is 53.2 Å². The number of thiophene rings is 1. The summed E-state index contributed by atoms with van der Waals surface area (Å²) in [6.45, 7) is 1.18. The Hall–Kier alpha value is -3.13. The Morgan fingerprint density at radius 3 is 2.67 bits per heavy atom. The minimum Gasteiger partial charge on any atom is -0.454 e. The van der Waals surface area contributed by atoms with Gasteiger partial charge in [0.15, 0.2) is 11.5 Å². The summed E-state index contributed by atoms with van der Waals surface area (Å²) in [5, 5.41) is 3.40. The Bertz CT molecular complexity index is 1140. The van der Waals surface area contributed by atoms with Gasteiger partial charge in [-0.15, -0.1) is 11.3 Å². The zero-order valence-corrected chi connectivity index (χ0v) is 16.8. The van der Waals surface area contributed by atoms with E-state index in [-0.39, 0.29) is 30.3 Å². The molecule has 2 aromatic carbocycles. The number of carbonyl (C=O) groups is 2.